The molecule has 0 unspecified atom stereocenters. The lowest BCUT2D eigenvalue weighted by Crippen LogP contribution is -2.46. The van der Waals surface area contributed by atoms with E-state index in [1.54, 1.807) is 43.5 Å². The standard InChI is InChI=1S/C58H57FN4O6/c1-68-49-33-27-45(28-34-49)58(43-15-5-2-6-16-43,44-17-7-3-8-18-44)60-35-13-4-14-36-63(56(66)61-47-31-25-42(39-64)26-32-47)55(65)38-48(37-41-23-29-46(59)30-24-41)62-57(67)69-40-54-52-21-11-9-19-50(52)51-20-10-12-22-53(51)54/h2-3,5-12,15-34,48,54,60,64H,4,13-14,35-40H2,1H3,(H,61,66)(H,62,67)/t48-/m0/s1. The highest BCUT2D eigenvalue weighted by molar-refractivity contribution is 6.01. The molecule has 0 saturated heterocycles. The van der Waals surface area contributed by atoms with Crippen LogP contribution in [0.4, 0.5) is 19.7 Å². The number of nitrogens with one attached hydrogen (secondary N) is 3. The summed E-state index contributed by atoms with van der Waals surface area (Å²) in [5.41, 5.74) is 8.65. The quantitative estimate of drug-likeness (QED) is 0.0443. The van der Waals surface area contributed by atoms with E-state index in [0.29, 0.717) is 36.2 Å². The Morgan fingerprint density at radius 3 is 1.83 bits per heavy atom. The highest BCUT2D eigenvalue weighted by Crippen LogP contribution is 2.44. The first-order chi connectivity index (χ1) is 33.7. The molecule has 0 saturated carbocycles. The Balaban J connectivity index is 0.973. The molecule has 0 bridgehead atoms. The molecule has 0 fully saturated rings. The number of nitrogens with zero attached hydrogens (tertiary/aromatic N) is 1. The van der Waals surface area contributed by atoms with Crippen molar-refractivity contribution < 1.29 is 33.4 Å². The number of unbranched alkanes of at least 4 members (excludes halogenated alkanes) is 2. The van der Waals surface area contributed by atoms with Crippen molar-refractivity contribution >= 4 is 23.7 Å². The van der Waals surface area contributed by atoms with E-state index in [9.17, 15) is 23.9 Å². The third kappa shape index (κ3) is 11.6. The summed E-state index contributed by atoms with van der Waals surface area (Å²) in [5, 5.41) is 19.3. The molecule has 352 valence electrons. The number of fused-ring (bicyclic) bond motifs is 3. The van der Waals surface area contributed by atoms with E-state index in [4.69, 9.17) is 9.47 Å². The highest BCUT2D eigenvalue weighted by Gasteiger charge is 2.36. The summed E-state index contributed by atoms with van der Waals surface area (Å²) in [7, 11) is 1.65. The molecule has 7 aromatic carbocycles. The molecule has 0 aromatic heterocycles. The molecule has 7 aromatic rings. The summed E-state index contributed by atoms with van der Waals surface area (Å²) >= 11 is 0. The summed E-state index contributed by atoms with van der Waals surface area (Å²) < 4.78 is 25.4. The van der Waals surface area contributed by atoms with Gasteiger partial charge in [-0.25, -0.2) is 14.0 Å². The summed E-state index contributed by atoms with van der Waals surface area (Å²) in [6.45, 7) is 0.636. The maximum absolute atomic E-state index is 14.5. The number of methoxy groups -OCH3 is 1. The number of ether oxygens (including phenoxy) is 2. The zero-order chi connectivity index (χ0) is 48.0. The molecule has 10 nitrogen and oxygen atoms in total. The number of hydrogen-bond acceptors (Lipinski definition) is 7. The number of aliphatic hydroxyl groups is 1. The Labute approximate surface area is 403 Å². The van der Waals surface area contributed by atoms with E-state index in [2.05, 4.69) is 64.5 Å². The van der Waals surface area contributed by atoms with Gasteiger partial charge >= 0.3 is 12.1 Å². The fraction of sp³-hybridized carbons (Fsp3) is 0.224. The molecule has 4 amide bonds. The molecule has 11 heteroatoms. The number of urea groups is 1. The lowest BCUT2D eigenvalue weighted by Gasteiger charge is -2.37. The SMILES string of the molecule is COc1ccc(C(NCCCCCN(C(=O)C[C@H](Cc2ccc(F)cc2)NC(=O)OCC2c3ccccc3-c3ccccc32)C(=O)Nc2ccc(CO)cc2)(c2ccccc2)c2ccccc2)cc1. The lowest BCUT2D eigenvalue weighted by atomic mass is 9.77. The molecular weight excluding hydrogens is 868 g/mol. The molecule has 1 atom stereocenters. The second-order valence-electron chi connectivity index (χ2n) is 17.2. The molecule has 0 radical (unpaired) electrons. The average molecular weight is 925 g/mol. The van der Waals surface area contributed by atoms with Crippen LogP contribution in [0.25, 0.3) is 11.1 Å². The van der Waals surface area contributed by atoms with Gasteiger partial charge in [-0.05, 0) is 112 Å². The Hall–Kier alpha value is -7.60. The van der Waals surface area contributed by atoms with Crippen LogP contribution >= 0.6 is 0 Å². The minimum atomic E-state index is -0.802. The smallest absolute Gasteiger partial charge is 0.407 e. The fourth-order valence-corrected chi connectivity index (χ4v) is 9.30. The molecule has 0 heterocycles. The first kappa shape index (κ1) is 47.9. The third-order valence-electron chi connectivity index (χ3n) is 12.8. The van der Waals surface area contributed by atoms with Gasteiger partial charge in [0.25, 0.3) is 0 Å². The van der Waals surface area contributed by atoms with E-state index in [-0.39, 0.29) is 38.5 Å². The van der Waals surface area contributed by atoms with Gasteiger partial charge in [0.1, 0.15) is 18.2 Å². The van der Waals surface area contributed by atoms with Crippen molar-refractivity contribution in [3.63, 3.8) is 0 Å². The normalized spacial score (nSPS) is 12.3. The van der Waals surface area contributed by atoms with Gasteiger partial charge in [0.2, 0.25) is 5.91 Å². The Kier molecular flexibility index (Phi) is 15.9. The molecule has 69 heavy (non-hydrogen) atoms. The lowest BCUT2D eigenvalue weighted by molar-refractivity contribution is -0.128. The van der Waals surface area contributed by atoms with Crippen molar-refractivity contribution in [1.29, 1.82) is 0 Å². The average Bonchev–Trinajstić information content (AvgIpc) is 3.71. The number of aliphatic hydroxyl groups excluding tert-OH is 1. The van der Waals surface area contributed by atoms with E-state index < -0.39 is 35.4 Å². The number of halogens is 1. The Morgan fingerprint density at radius 1 is 0.667 bits per heavy atom. The Morgan fingerprint density at radius 2 is 1.23 bits per heavy atom. The third-order valence-corrected chi connectivity index (χ3v) is 12.8. The second kappa shape index (κ2) is 22.9. The van der Waals surface area contributed by atoms with Crippen LogP contribution in [0.5, 0.6) is 5.75 Å². The van der Waals surface area contributed by atoms with Crippen LogP contribution in [0.3, 0.4) is 0 Å². The van der Waals surface area contributed by atoms with Crippen LogP contribution in [-0.2, 0) is 28.1 Å². The van der Waals surface area contributed by atoms with Gasteiger partial charge in [0, 0.05) is 30.6 Å². The zero-order valence-corrected chi connectivity index (χ0v) is 38.7. The van der Waals surface area contributed by atoms with Crippen LogP contribution in [0.2, 0.25) is 0 Å². The van der Waals surface area contributed by atoms with Crippen molar-refractivity contribution in [3.05, 3.63) is 227 Å². The molecule has 4 N–H and O–H groups in total. The van der Waals surface area contributed by atoms with Gasteiger partial charge in [-0.15, -0.1) is 0 Å². The monoisotopic (exact) mass is 924 g/mol. The minimum absolute atomic E-state index is 0.0768. The van der Waals surface area contributed by atoms with E-state index >= 15 is 0 Å². The fourth-order valence-electron chi connectivity index (χ4n) is 9.30. The summed E-state index contributed by atoms with van der Waals surface area (Å²) in [6.07, 6.45) is 1.13. The molecule has 0 aliphatic heterocycles. The van der Waals surface area contributed by atoms with E-state index in [0.717, 1.165) is 51.1 Å². The summed E-state index contributed by atoms with van der Waals surface area (Å²) in [4.78, 5) is 43.4. The van der Waals surface area contributed by atoms with Gasteiger partial charge in [-0.3, -0.25) is 15.0 Å². The zero-order valence-electron chi connectivity index (χ0n) is 38.7. The predicted molar refractivity (Wildman–Crippen MR) is 267 cm³/mol. The van der Waals surface area contributed by atoms with Crippen LogP contribution in [0.15, 0.2) is 182 Å². The second-order valence-corrected chi connectivity index (χ2v) is 17.2. The summed E-state index contributed by atoms with van der Waals surface area (Å²) in [6, 6.07) is 56.0. The van der Waals surface area contributed by atoms with E-state index in [1.165, 1.54) is 17.0 Å². The van der Waals surface area contributed by atoms with E-state index in [1.807, 2.05) is 84.9 Å². The minimum Gasteiger partial charge on any atom is -0.497 e. The highest BCUT2D eigenvalue weighted by atomic mass is 19.1. The van der Waals surface area contributed by atoms with Crippen molar-refractivity contribution in [3.8, 4) is 16.9 Å². The number of imide groups is 1. The number of carbonyl (C=O) groups is 3. The number of amides is 4. The number of anilines is 1. The predicted octanol–water partition coefficient (Wildman–Crippen LogP) is 11.0. The van der Waals surface area contributed by atoms with Crippen LogP contribution in [0, 0.1) is 5.82 Å². The van der Waals surface area contributed by atoms with Crippen molar-refractivity contribution in [2.45, 2.75) is 56.2 Å². The maximum atomic E-state index is 14.5. The van der Waals surface area contributed by atoms with Crippen LogP contribution in [-0.4, -0.2) is 60.9 Å². The van der Waals surface area contributed by atoms with Crippen molar-refractivity contribution in [1.82, 2.24) is 15.5 Å². The summed E-state index contributed by atoms with van der Waals surface area (Å²) in [5.74, 6) is -0.326. The van der Waals surface area contributed by atoms with Gasteiger partial charge < -0.3 is 25.2 Å². The number of rotatable bonds is 20. The molecule has 0 spiro atoms. The molecular formula is C58H57FN4O6. The molecule has 8 rings (SSSR count). The first-order valence-corrected chi connectivity index (χ1v) is 23.4. The number of hydrogen-bond donors (Lipinski definition) is 4. The number of carbonyl (C=O) groups excluding carboxylic acids is 3. The van der Waals surface area contributed by atoms with Crippen LogP contribution < -0.4 is 20.7 Å². The first-order valence-electron chi connectivity index (χ1n) is 23.4. The molecule has 1 aliphatic carbocycles. The Bertz CT molecular complexity index is 2700. The van der Waals surface area contributed by atoms with Crippen LogP contribution in [0.1, 0.15) is 70.5 Å². The topological polar surface area (TPSA) is 129 Å². The van der Waals surface area contributed by atoms with Gasteiger partial charge in [0.05, 0.1) is 19.3 Å². The van der Waals surface area contributed by atoms with Crippen molar-refractivity contribution in [2.75, 3.05) is 32.1 Å². The van der Waals surface area contributed by atoms with Gasteiger partial charge in [0.15, 0.2) is 0 Å². The van der Waals surface area contributed by atoms with Gasteiger partial charge in [-0.2, -0.15) is 0 Å². The molecule has 1 aliphatic rings. The number of benzene rings is 7. The largest absolute Gasteiger partial charge is 0.497 e. The number of alkyl carbamates (subject to hydrolysis) is 1. The van der Waals surface area contributed by atoms with Gasteiger partial charge in [-0.1, -0.05) is 152 Å². The maximum Gasteiger partial charge on any atom is 0.407 e. The van der Waals surface area contributed by atoms with Crippen molar-refractivity contribution in [2.24, 2.45) is 0 Å².